The molecular weight excluding hydrogens is 372 g/mol. The fraction of sp³-hybridized carbons (Fsp3) is 1.00. The SMILES string of the molecule is CCCCC(CC)CC1(O)OC1(O)C(O)(CC(CC)CCCC)S(=O)(=O)O. The summed E-state index contributed by atoms with van der Waals surface area (Å²) in [5.74, 6) is -5.14. The van der Waals surface area contributed by atoms with Gasteiger partial charge in [-0.15, -0.1) is 0 Å². The third-order valence-electron chi connectivity index (χ3n) is 5.98. The second-order valence-electron chi connectivity index (χ2n) is 8.03. The number of epoxide rings is 1. The van der Waals surface area contributed by atoms with Gasteiger partial charge in [-0.1, -0.05) is 79.1 Å². The fourth-order valence-electron chi connectivity index (χ4n) is 3.87. The molecule has 0 radical (unpaired) electrons. The lowest BCUT2D eigenvalue weighted by atomic mass is 9.86. The number of unbranched alkanes of at least 4 members (excludes halogenated alkanes) is 2. The molecule has 4 N–H and O–H groups in total. The highest BCUT2D eigenvalue weighted by Gasteiger charge is 2.83. The molecule has 1 heterocycles. The largest absolute Gasteiger partial charge is 0.368 e. The Morgan fingerprint density at radius 2 is 1.44 bits per heavy atom. The van der Waals surface area contributed by atoms with E-state index >= 15 is 0 Å². The quantitative estimate of drug-likeness (QED) is 0.256. The average Bonchev–Trinajstić information content (AvgIpc) is 3.16. The van der Waals surface area contributed by atoms with Crippen LogP contribution in [0.25, 0.3) is 0 Å². The van der Waals surface area contributed by atoms with Crippen molar-refractivity contribution in [1.82, 2.24) is 0 Å². The number of rotatable bonds is 14. The van der Waals surface area contributed by atoms with Crippen molar-refractivity contribution in [2.45, 2.75) is 108 Å². The molecule has 0 saturated carbocycles. The second-order valence-corrected chi connectivity index (χ2v) is 9.66. The van der Waals surface area contributed by atoms with Crippen LogP contribution >= 0.6 is 0 Å². The molecule has 0 aromatic heterocycles. The van der Waals surface area contributed by atoms with Crippen LogP contribution in [0.4, 0.5) is 0 Å². The van der Waals surface area contributed by atoms with Crippen molar-refractivity contribution in [3.8, 4) is 0 Å². The van der Waals surface area contributed by atoms with Gasteiger partial charge in [0.05, 0.1) is 0 Å². The van der Waals surface area contributed by atoms with E-state index in [1.54, 1.807) is 0 Å². The minimum Gasteiger partial charge on any atom is -0.368 e. The lowest BCUT2D eigenvalue weighted by Crippen LogP contribution is -2.56. The molecule has 7 nitrogen and oxygen atoms in total. The summed E-state index contributed by atoms with van der Waals surface area (Å²) in [6, 6.07) is 0. The van der Waals surface area contributed by atoms with Crippen LogP contribution in [0.1, 0.15) is 91.9 Å². The van der Waals surface area contributed by atoms with E-state index in [9.17, 15) is 28.3 Å². The fourth-order valence-corrected chi connectivity index (χ4v) is 4.87. The van der Waals surface area contributed by atoms with E-state index in [1.807, 2.05) is 27.7 Å². The number of aliphatic hydroxyl groups is 3. The smallest absolute Gasteiger partial charge is 0.300 e. The summed E-state index contributed by atoms with van der Waals surface area (Å²) in [6.45, 7) is 7.84. The minimum absolute atomic E-state index is 0.00355. The van der Waals surface area contributed by atoms with Gasteiger partial charge >= 0.3 is 10.1 Å². The van der Waals surface area contributed by atoms with E-state index in [1.165, 1.54) is 0 Å². The van der Waals surface area contributed by atoms with Crippen LogP contribution < -0.4 is 0 Å². The van der Waals surface area contributed by atoms with Crippen LogP contribution in [-0.2, 0) is 14.9 Å². The molecule has 0 amide bonds. The topological polar surface area (TPSA) is 128 Å². The lowest BCUT2D eigenvalue weighted by molar-refractivity contribution is -0.120. The Morgan fingerprint density at radius 1 is 0.963 bits per heavy atom. The zero-order chi connectivity index (χ0) is 20.9. The number of hydrogen-bond donors (Lipinski definition) is 4. The first-order valence-electron chi connectivity index (χ1n) is 10.3. The molecule has 1 aliphatic heterocycles. The molecular formula is C19H38O7S. The third kappa shape index (κ3) is 5.22. The summed E-state index contributed by atoms with van der Waals surface area (Å²) in [4.78, 5) is -2.97. The van der Waals surface area contributed by atoms with Crippen molar-refractivity contribution in [3.63, 3.8) is 0 Å². The van der Waals surface area contributed by atoms with Crippen molar-refractivity contribution in [1.29, 1.82) is 0 Å². The standard InChI is InChI=1S/C19H38O7S/c1-5-9-11-15(7-3)13-17(20)19(22,26-17)18(21,27(23,24)25)14-16(8-4)12-10-6-2/h15-16,20-22H,5-14H2,1-4H3,(H,23,24,25). The Hall–Kier alpha value is -0.250. The maximum atomic E-state index is 12.0. The van der Waals surface area contributed by atoms with E-state index in [2.05, 4.69) is 0 Å². The van der Waals surface area contributed by atoms with E-state index in [0.29, 0.717) is 12.8 Å². The van der Waals surface area contributed by atoms with Gasteiger partial charge < -0.3 is 20.1 Å². The summed E-state index contributed by atoms with van der Waals surface area (Å²) >= 11 is 0. The Kier molecular flexibility index (Phi) is 8.72. The van der Waals surface area contributed by atoms with Crippen molar-refractivity contribution < 1.29 is 33.0 Å². The van der Waals surface area contributed by atoms with Crippen LogP contribution in [0.15, 0.2) is 0 Å². The first kappa shape index (κ1) is 24.8. The van der Waals surface area contributed by atoms with Crippen molar-refractivity contribution in [2.75, 3.05) is 0 Å². The second kappa shape index (κ2) is 9.50. The molecule has 0 aromatic rings. The van der Waals surface area contributed by atoms with Gasteiger partial charge in [-0.2, -0.15) is 8.42 Å². The Morgan fingerprint density at radius 3 is 1.85 bits per heavy atom. The summed E-state index contributed by atoms with van der Waals surface area (Å²) in [5, 5.41) is 32.4. The van der Waals surface area contributed by atoms with Gasteiger partial charge in [0.2, 0.25) is 5.79 Å². The van der Waals surface area contributed by atoms with Crippen LogP contribution in [0.2, 0.25) is 0 Å². The maximum absolute atomic E-state index is 12.0. The zero-order valence-corrected chi connectivity index (χ0v) is 18.0. The molecule has 1 aliphatic rings. The Labute approximate surface area is 163 Å². The van der Waals surface area contributed by atoms with E-state index in [4.69, 9.17) is 4.74 Å². The van der Waals surface area contributed by atoms with Gasteiger partial charge in [-0.3, -0.25) is 4.55 Å². The highest BCUT2D eigenvalue weighted by Crippen LogP contribution is 2.58. The van der Waals surface area contributed by atoms with Crippen LogP contribution in [0.5, 0.6) is 0 Å². The highest BCUT2D eigenvalue weighted by molar-refractivity contribution is 7.87. The van der Waals surface area contributed by atoms with Crippen molar-refractivity contribution >= 4 is 10.1 Å². The lowest BCUT2D eigenvalue weighted by Gasteiger charge is -2.32. The molecule has 0 bridgehead atoms. The summed E-state index contributed by atoms with van der Waals surface area (Å²) in [6.07, 6.45) is 5.99. The maximum Gasteiger partial charge on any atom is 0.300 e. The molecule has 27 heavy (non-hydrogen) atoms. The predicted octanol–water partition coefficient (Wildman–Crippen LogP) is 3.18. The van der Waals surface area contributed by atoms with Crippen LogP contribution in [0, 0.1) is 11.8 Å². The average molecular weight is 411 g/mol. The molecule has 8 heteroatoms. The number of ether oxygens (including phenoxy) is 1. The molecule has 5 unspecified atom stereocenters. The summed E-state index contributed by atoms with van der Waals surface area (Å²) in [7, 11) is -5.10. The molecule has 1 fully saturated rings. The van der Waals surface area contributed by atoms with Gasteiger partial charge in [0, 0.05) is 12.8 Å². The molecule has 0 spiro atoms. The molecule has 5 atom stereocenters. The summed E-state index contributed by atoms with van der Waals surface area (Å²) in [5.41, 5.74) is 0. The molecule has 0 aromatic carbocycles. The van der Waals surface area contributed by atoms with E-state index in [-0.39, 0.29) is 18.3 Å². The molecule has 162 valence electrons. The van der Waals surface area contributed by atoms with Crippen LogP contribution in [-0.4, -0.2) is 44.8 Å². The first-order chi connectivity index (χ1) is 12.4. The normalized spacial score (nSPS) is 29.9. The Balaban J connectivity index is 3.06. The van der Waals surface area contributed by atoms with Gasteiger partial charge in [0.15, 0.2) is 0 Å². The van der Waals surface area contributed by atoms with Crippen molar-refractivity contribution in [2.24, 2.45) is 11.8 Å². The van der Waals surface area contributed by atoms with E-state index in [0.717, 1.165) is 38.5 Å². The predicted molar refractivity (Wildman–Crippen MR) is 103 cm³/mol. The molecule has 1 rings (SSSR count). The summed E-state index contributed by atoms with van der Waals surface area (Å²) < 4.78 is 38.9. The molecule has 1 saturated heterocycles. The third-order valence-corrected chi connectivity index (χ3v) is 7.27. The van der Waals surface area contributed by atoms with E-state index < -0.39 is 33.0 Å². The minimum atomic E-state index is -5.10. The van der Waals surface area contributed by atoms with Gasteiger partial charge in [0.1, 0.15) is 0 Å². The first-order valence-corrected chi connectivity index (χ1v) is 11.7. The Bertz CT molecular complexity index is 566. The van der Waals surface area contributed by atoms with Gasteiger partial charge in [0.25, 0.3) is 10.7 Å². The monoisotopic (exact) mass is 410 g/mol. The van der Waals surface area contributed by atoms with Crippen LogP contribution in [0.3, 0.4) is 0 Å². The van der Waals surface area contributed by atoms with Gasteiger partial charge in [-0.25, -0.2) is 0 Å². The zero-order valence-electron chi connectivity index (χ0n) is 17.1. The highest BCUT2D eigenvalue weighted by atomic mass is 32.2. The van der Waals surface area contributed by atoms with Crippen molar-refractivity contribution in [3.05, 3.63) is 0 Å². The van der Waals surface area contributed by atoms with Gasteiger partial charge in [-0.05, 0) is 11.8 Å². The molecule has 0 aliphatic carbocycles. The number of hydrogen-bond acceptors (Lipinski definition) is 6.